The fraction of sp³-hybridized carbons (Fsp3) is 0.105. The molecule has 0 atom stereocenters. The van der Waals surface area contributed by atoms with E-state index in [-0.39, 0.29) is 0 Å². The van der Waals surface area contributed by atoms with Crippen LogP contribution in [0.3, 0.4) is 0 Å². The van der Waals surface area contributed by atoms with E-state index in [1.165, 1.54) is 12.5 Å². The summed E-state index contributed by atoms with van der Waals surface area (Å²) in [7, 11) is 3.12. The zero-order chi connectivity index (χ0) is 18.4. The monoisotopic (exact) mass is 352 g/mol. The zero-order valence-corrected chi connectivity index (χ0v) is 14.2. The molecule has 7 heteroatoms. The maximum Gasteiger partial charge on any atom is 0.336 e. The first-order chi connectivity index (χ1) is 12.7. The van der Waals surface area contributed by atoms with E-state index in [1.54, 1.807) is 56.7 Å². The van der Waals surface area contributed by atoms with Crippen LogP contribution >= 0.6 is 0 Å². The lowest BCUT2D eigenvalue weighted by molar-refractivity contribution is -0.128. The number of methoxy groups -OCH3 is 2. The Labute approximate surface area is 149 Å². The number of aromatic nitrogens is 2. The summed E-state index contributed by atoms with van der Waals surface area (Å²) in [5.74, 6) is 1.52. The van der Waals surface area contributed by atoms with Gasteiger partial charge < -0.3 is 18.6 Å². The van der Waals surface area contributed by atoms with Gasteiger partial charge in [-0.25, -0.2) is 4.79 Å². The molecule has 26 heavy (non-hydrogen) atoms. The quantitative estimate of drug-likeness (QED) is 0.382. The van der Waals surface area contributed by atoms with Gasteiger partial charge in [0.25, 0.3) is 0 Å². The predicted octanol–water partition coefficient (Wildman–Crippen LogP) is 3.37. The van der Waals surface area contributed by atoms with Crippen molar-refractivity contribution in [1.29, 1.82) is 0 Å². The Morgan fingerprint density at radius 1 is 1.04 bits per heavy atom. The minimum absolute atomic E-state index is 0.399. The molecule has 2 aromatic carbocycles. The highest BCUT2D eigenvalue weighted by atomic mass is 16.5. The number of rotatable bonds is 6. The molecule has 0 aliphatic carbocycles. The molecule has 7 nitrogen and oxygen atoms in total. The van der Waals surface area contributed by atoms with Gasteiger partial charge in [0, 0.05) is 11.6 Å². The molecule has 0 saturated carbocycles. The third-order valence-electron chi connectivity index (χ3n) is 3.50. The molecule has 0 bridgehead atoms. The highest BCUT2D eigenvalue weighted by molar-refractivity contribution is 5.88. The van der Waals surface area contributed by atoms with Gasteiger partial charge in [0.05, 0.1) is 14.2 Å². The molecule has 0 unspecified atom stereocenters. The van der Waals surface area contributed by atoms with E-state index in [9.17, 15) is 4.79 Å². The van der Waals surface area contributed by atoms with Crippen LogP contribution in [-0.2, 0) is 4.79 Å². The van der Waals surface area contributed by atoms with Gasteiger partial charge >= 0.3 is 5.97 Å². The van der Waals surface area contributed by atoms with E-state index < -0.39 is 5.97 Å². The summed E-state index contributed by atoms with van der Waals surface area (Å²) in [6, 6.07) is 12.1. The lowest BCUT2D eigenvalue weighted by Crippen LogP contribution is -2.03. The Kier molecular flexibility index (Phi) is 5.28. The number of ether oxygens (including phenoxy) is 3. The Balaban J connectivity index is 1.64. The topological polar surface area (TPSA) is 83.7 Å². The number of hydrogen-bond acceptors (Lipinski definition) is 7. The maximum atomic E-state index is 12.0. The number of benzene rings is 2. The minimum Gasteiger partial charge on any atom is -0.493 e. The summed E-state index contributed by atoms with van der Waals surface area (Å²) in [6.45, 7) is 0. The van der Waals surface area contributed by atoms with Crippen LogP contribution in [0.15, 0.2) is 59.4 Å². The van der Waals surface area contributed by atoms with Crippen LogP contribution < -0.4 is 14.2 Å². The molecule has 3 rings (SSSR count). The smallest absolute Gasteiger partial charge is 0.336 e. The molecule has 0 aliphatic heterocycles. The first kappa shape index (κ1) is 17.2. The summed E-state index contributed by atoms with van der Waals surface area (Å²) in [5, 5.41) is 7.43. The van der Waals surface area contributed by atoms with Crippen LogP contribution in [-0.4, -0.2) is 30.4 Å². The van der Waals surface area contributed by atoms with Crippen LogP contribution in [0.4, 0.5) is 0 Å². The number of esters is 1. The predicted molar refractivity (Wildman–Crippen MR) is 93.9 cm³/mol. The van der Waals surface area contributed by atoms with Crippen molar-refractivity contribution in [2.75, 3.05) is 14.2 Å². The lowest BCUT2D eigenvalue weighted by Gasteiger charge is -2.07. The van der Waals surface area contributed by atoms with Crippen LogP contribution in [0.5, 0.6) is 17.2 Å². The first-order valence-corrected chi connectivity index (χ1v) is 7.68. The van der Waals surface area contributed by atoms with Crippen molar-refractivity contribution in [3.05, 3.63) is 60.5 Å². The molecule has 1 aromatic heterocycles. The number of carbonyl (C=O) groups excluding carboxylic acids is 1. The maximum absolute atomic E-state index is 12.0. The standard InChI is InChI=1S/C19H16N2O5/c1-23-16-9-3-13(11-17(16)24-2)4-10-18(22)26-15-7-5-14(6-8-15)19-21-20-12-25-19/h3-12H,1-2H3. The van der Waals surface area contributed by atoms with Gasteiger partial charge in [-0.2, -0.15) is 0 Å². The van der Waals surface area contributed by atoms with Crippen molar-refractivity contribution in [2.45, 2.75) is 0 Å². The van der Waals surface area contributed by atoms with Gasteiger partial charge in [-0.05, 0) is 48.0 Å². The summed E-state index contributed by atoms with van der Waals surface area (Å²) >= 11 is 0. The summed E-state index contributed by atoms with van der Waals surface area (Å²) in [6.07, 6.45) is 4.23. The van der Waals surface area contributed by atoms with E-state index in [1.807, 2.05) is 6.07 Å². The Hall–Kier alpha value is -3.61. The second-order valence-corrected chi connectivity index (χ2v) is 5.14. The summed E-state index contributed by atoms with van der Waals surface area (Å²) in [5.41, 5.74) is 1.52. The van der Waals surface area contributed by atoms with Crippen LogP contribution in [0.25, 0.3) is 17.5 Å². The highest BCUT2D eigenvalue weighted by Gasteiger charge is 2.06. The molecular weight excluding hydrogens is 336 g/mol. The molecule has 0 aliphatic rings. The second-order valence-electron chi connectivity index (χ2n) is 5.14. The Bertz CT molecular complexity index is 902. The van der Waals surface area contributed by atoms with E-state index in [2.05, 4.69) is 10.2 Å². The summed E-state index contributed by atoms with van der Waals surface area (Å²) < 4.78 is 20.8. The Morgan fingerprint density at radius 3 is 2.46 bits per heavy atom. The zero-order valence-electron chi connectivity index (χ0n) is 14.2. The molecule has 0 radical (unpaired) electrons. The van der Waals surface area contributed by atoms with Crippen molar-refractivity contribution in [3.8, 4) is 28.7 Å². The van der Waals surface area contributed by atoms with Gasteiger partial charge in [-0.1, -0.05) is 6.07 Å². The first-order valence-electron chi connectivity index (χ1n) is 7.68. The minimum atomic E-state index is -0.495. The second kappa shape index (κ2) is 7.98. The van der Waals surface area contributed by atoms with Crippen LogP contribution in [0, 0.1) is 0 Å². The average Bonchev–Trinajstić information content (AvgIpc) is 3.21. The highest BCUT2D eigenvalue weighted by Crippen LogP contribution is 2.28. The van der Waals surface area contributed by atoms with E-state index in [0.717, 1.165) is 11.1 Å². The summed E-state index contributed by atoms with van der Waals surface area (Å²) in [4.78, 5) is 12.0. The van der Waals surface area contributed by atoms with Gasteiger partial charge in [-0.3, -0.25) is 0 Å². The van der Waals surface area contributed by atoms with Crippen LogP contribution in [0.1, 0.15) is 5.56 Å². The average molecular weight is 352 g/mol. The SMILES string of the molecule is COc1ccc(C=CC(=O)Oc2ccc(-c3nnco3)cc2)cc1OC. The van der Waals surface area contributed by atoms with Crippen molar-refractivity contribution < 1.29 is 23.4 Å². The molecule has 0 spiro atoms. The van der Waals surface area contributed by atoms with E-state index >= 15 is 0 Å². The number of nitrogens with zero attached hydrogens (tertiary/aromatic N) is 2. The van der Waals surface area contributed by atoms with Gasteiger partial charge in [-0.15, -0.1) is 10.2 Å². The molecule has 0 amide bonds. The lowest BCUT2D eigenvalue weighted by atomic mass is 10.2. The van der Waals surface area contributed by atoms with Gasteiger partial charge in [0.1, 0.15) is 5.75 Å². The number of carbonyl (C=O) groups is 1. The normalized spacial score (nSPS) is 10.7. The molecule has 0 N–H and O–H groups in total. The third kappa shape index (κ3) is 4.07. The van der Waals surface area contributed by atoms with Crippen molar-refractivity contribution >= 4 is 12.0 Å². The third-order valence-corrected chi connectivity index (χ3v) is 3.50. The largest absolute Gasteiger partial charge is 0.493 e. The molecule has 0 fully saturated rings. The van der Waals surface area contributed by atoms with Crippen molar-refractivity contribution in [2.24, 2.45) is 0 Å². The molecular formula is C19H16N2O5. The van der Waals surface area contributed by atoms with Crippen molar-refractivity contribution in [3.63, 3.8) is 0 Å². The van der Waals surface area contributed by atoms with Crippen LogP contribution in [0.2, 0.25) is 0 Å². The number of hydrogen-bond donors (Lipinski definition) is 0. The van der Waals surface area contributed by atoms with Gasteiger partial charge in [0.15, 0.2) is 11.5 Å². The molecule has 0 saturated heterocycles. The molecule has 3 aromatic rings. The molecule has 132 valence electrons. The van der Waals surface area contributed by atoms with Crippen molar-refractivity contribution in [1.82, 2.24) is 10.2 Å². The fourth-order valence-corrected chi connectivity index (χ4v) is 2.24. The van der Waals surface area contributed by atoms with E-state index in [4.69, 9.17) is 18.6 Å². The van der Waals surface area contributed by atoms with E-state index in [0.29, 0.717) is 23.1 Å². The fourth-order valence-electron chi connectivity index (χ4n) is 2.24. The van der Waals surface area contributed by atoms with Gasteiger partial charge in [0.2, 0.25) is 12.3 Å². The molecule has 1 heterocycles. The Morgan fingerprint density at radius 2 is 1.81 bits per heavy atom.